The standard InChI is InChI=1S/C20H34N4/c1-19-21-13-17-23(19)15-11-9-7-5-3-4-6-8-10-12-16-24-18-14-22-20(24)2/h13-14,17-18H,3-12,15-16H2,1-2H3. The van der Waals surface area contributed by atoms with Gasteiger partial charge in [-0.3, -0.25) is 0 Å². The molecular weight excluding hydrogens is 296 g/mol. The number of nitrogens with zero attached hydrogens (tertiary/aromatic N) is 4. The van der Waals surface area contributed by atoms with Gasteiger partial charge in [-0.05, 0) is 26.7 Å². The number of unbranched alkanes of at least 4 members (excludes halogenated alkanes) is 9. The Morgan fingerprint density at radius 1 is 0.583 bits per heavy atom. The summed E-state index contributed by atoms with van der Waals surface area (Å²) in [6.45, 7) is 6.41. The molecule has 4 heteroatoms. The van der Waals surface area contributed by atoms with E-state index in [-0.39, 0.29) is 0 Å². The van der Waals surface area contributed by atoms with E-state index in [1.54, 1.807) is 0 Å². The van der Waals surface area contributed by atoms with Gasteiger partial charge in [0.25, 0.3) is 0 Å². The normalized spacial score (nSPS) is 11.2. The summed E-state index contributed by atoms with van der Waals surface area (Å²) in [5.41, 5.74) is 0. The summed E-state index contributed by atoms with van der Waals surface area (Å²) in [7, 11) is 0. The lowest BCUT2D eigenvalue weighted by atomic mass is 10.1. The molecule has 0 unspecified atom stereocenters. The topological polar surface area (TPSA) is 35.6 Å². The van der Waals surface area contributed by atoms with E-state index in [9.17, 15) is 0 Å². The van der Waals surface area contributed by atoms with Crippen molar-refractivity contribution in [2.24, 2.45) is 0 Å². The molecule has 24 heavy (non-hydrogen) atoms. The number of hydrogen-bond donors (Lipinski definition) is 0. The summed E-state index contributed by atoms with van der Waals surface area (Å²) in [5.74, 6) is 2.27. The van der Waals surface area contributed by atoms with E-state index in [1.165, 1.54) is 64.2 Å². The lowest BCUT2D eigenvalue weighted by Crippen LogP contribution is -1.99. The van der Waals surface area contributed by atoms with Crippen molar-refractivity contribution < 1.29 is 0 Å². The van der Waals surface area contributed by atoms with Crippen LogP contribution >= 0.6 is 0 Å². The maximum atomic E-state index is 4.26. The van der Waals surface area contributed by atoms with Crippen LogP contribution in [0, 0.1) is 13.8 Å². The Hall–Kier alpha value is -1.58. The second-order valence-corrected chi connectivity index (χ2v) is 6.87. The molecule has 0 N–H and O–H groups in total. The van der Waals surface area contributed by atoms with Crippen LogP contribution in [0.4, 0.5) is 0 Å². The second kappa shape index (κ2) is 11.1. The van der Waals surface area contributed by atoms with Gasteiger partial charge >= 0.3 is 0 Å². The van der Waals surface area contributed by atoms with Crippen LogP contribution in [0.1, 0.15) is 75.9 Å². The van der Waals surface area contributed by atoms with Crippen LogP contribution in [0.5, 0.6) is 0 Å². The van der Waals surface area contributed by atoms with E-state index in [4.69, 9.17) is 0 Å². The molecule has 0 amide bonds. The van der Waals surface area contributed by atoms with Crippen molar-refractivity contribution in [2.45, 2.75) is 91.1 Å². The molecule has 2 aromatic rings. The quantitative estimate of drug-likeness (QED) is 0.467. The minimum Gasteiger partial charge on any atom is -0.335 e. The summed E-state index contributed by atoms with van der Waals surface area (Å²) >= 11 is 0. The molecule has 0 saturated carbocycles. The summed E-state index contributed by atoms with van der Waals surface area (Å²) in [5, 5.41) is 0. The van der Waals surface area contributed by atoms with Crippen LogP contribution in [0.15, 0.2) is 24.8 Å². The molecule has 134 valence electrons. The van der Waals surface area contributed by atoms with Crippen LogP contribution in [-0.2, 0) is 13.1 Å². The summed E-state index contributed by atoms with van der Waals surface area (Å²) in [4.78, 5) is 8.53. The highest BCUT2D eigenvalue weighted by atomic mass is 15.1. The molecule has 0 atom stereocenters. The number of aromatic nitrogens is 4. The van der Waals surface area contributed by atoms with Crippen LogP contribution in [0.25, 0.3) is 0 Å². The largest absolute Gasteiger partial charge is 0.335 e. The van der Waals surface area contributed by atoms with Crippen molar-refractivity contribution in [1.29, 1.82) is 0 Å². The molecule has 0 spiro atoms. The first-order valence-electron chi connectivity index (χ1n) is 9.73. The molecule has 2 rings (SSSR count). The van der Waals surface area contributed by atoms with Crippen LogP contribution < -0.4 is 0 Å². The van der Waals surface area contributed by atoms with E-state index in [0.717, 1.165) is 24.7 Å². The van der Waals surface area contributed by atoms with Gasteiger partial charge in [-0.15, -0.1) is 0 Å². The number of rotatable bonds is 13. The Morgan fingerprint density at radius 3 is 1.21 bits per heavy atom. The van der Waals surface area contributed by atoms with E-state index < -0.39 is 0 Å². The van der Waals surface area contributed by atoms with E-state index in [1.807, 2.05) is 12.4 Å². The number of aryl methyl sites for hydroxylation is 4. The van der Waals surface area contributed by atoms with E-state index in [2.05, 4.69) is 45.3 Å². The zero-order valence-electron chi connectivity index (χ0n) is 15.6. The van der Waals surface area contributed by atoms with Gasteiger partial charge in [0.1, 0.15) is 11.6 Å². The minimum atomic E-state index is 1.13. The first-order chi connectivity index (χ1) is 11.8. The fraction of sp³-hybridized carbons (Fsp3) is 0.700. The maximum Gasteiger partial charge on any atom is 0.105 e. The summed E-state index contributed by atoms with van der Waals surface area (Å²) in [6.07, 6.45) is 21.6. The molecule has 0 aliphatic heterocycles. The van der Waals surface area contributed by atoms with Crippen molar-refractivity contribution in [1.82, 2.24) is 19.1 Å². The first-order valence-corrected chi connectivity index (χ1v) is 9.73. The van der Waals surface area contributed by atoms with Gasteiger partial charge in [-0.1, -0.05) is 51.4 Å². The first kappa shape index (κ1) is 18.8. The third kappa shape index (κ3) is 6.90. The molecule has 0 aliphatic rings. The monoisotopic (exact) mass is 330 g/mol. The highest BCUT2D eigenvalue weighted by Gasteiger charge is 1.98. The van der Waals surface area contributed by atoms with Gasteiger partial charge < -0.3 is 9.13 Å². The van der Waals surface area contributed by atoms with Crippen LogP contribution in [-0.4, -0.2) is 19.1 Å². The maximum absolute atomic E-state index is 4.26. The highest BCUT2D eigenvalue weighted by molar-refractivity contribution is 4.88. The number of imidazole rings is 2. The molecular formula is C20H34N4. The van der Waals surface area contributed by atoms with E-state index >= 15 is 0 Å². The van der Waals surface area contributed by atoms with Gasteiger partial charge in [0.2, 0.25) is 0 Å². The van der Waals surface area contributed by atoms with Crippen molar-refractivity contribution in [3.63, 3.8) is 0 Å². The van der Waals surface area contributed by atoms with E-state index in [0.29, 0.717) is 0 Å². The molecule has 0 aromatic carbocycles. The van der Waals surface area contributed by atoms with Crippen molar-refractivity contribution in [3.8, 4) is 0 Å². The summed E-state index contributed by atoms with van der Waals surface area (Å²) in [6, 6.07) is 0. The molecule has 0 bridgehead atoms. The van der Waals surface area contributed by atoms with Gasteiger partial charge in [-0.2, -0.15) is 0 Å². The Morgan fingerprint density at radius 2 is 0.917 bits per heavy atom. The molecule has 0 fully saturated rings. The SMILES string of the molecule is Cc1nccn1CCCCCCCCCCCCn1ccnc1C. The average Bonchev–Trinajstić information content (AvgIpc) is 3.17. The van der Waals surface area contributed by atoms with Gasteiger partial charge in [0.15, 0.2) is 0 Å². The predicted molar refractivity (Wildman–Crippen MR) is 100 cm³/mol. The Kier molecular flexibility index (Phi) is 8.64. The highest BCUT2D eigenvalue weighted by Crippen LogP contribution is 2.12. The van der Waals surface area contributed by atoms with Crippen molar-refractivity contribution >= 4 is 0 Å². The zero-order valence-corrected chi connectivity index (χ0v) is 15.6. The fourth-order valence-corrected chi connectivity index (χ4v) is 3.26. The predicted octanol–water partition coefficient (Wildman–Crippen LogP) is 5.30. The third-order valence-corrected chi connectivity index (χ3v) is 4.90. The van der Waals surface area contributed by atoms with Crippen LogP contribution in [0.3, 0.4) is 0 Å². The molecule has 0 radical (unpaired) electrons. The smallest absolute Gasteiger partial charge is 0.105 e. The Balaban J connectivity index is 1.33. The average molecular weight is 331 g/mol. The molecule has 0 aliphatic carbocycles. The van der Waals surface area contributed by atoms with Gasteiger partial charge in [-0.25, -0.2) is 9.97 Å². The number of hydrogen-bond acceptors (Lipinski definition) is 2. The van der Waals surface area contributed by atoms with Gasteiger partial charge in [0, 0.05) is 37.9 Å². The fourth-order valence-electron chi connectivity index (χ4n) is 3.26. The van der Waals surface area contributed by atoms with Crippen LogP contribution in [0.2, 0.25) is 0 Å². The lowest BCUT2D eigenvalue weighted by molar-refractivity contribution is 0.518. The second-order valence-electron chi connectivity index (χ2n) is 6.87. The summed E-state index contributed by atoms with van der Waals surface area (Å²) < 4.78 is 4.51. The molecule has 4 nitrogen and oxygen atoms in total. The molecule has 0 saturated heterocycles. The minimum absolute atomic E-state index is 1.13. The van der Waals surface area contributed by atoms with Crippen molar-refractivity contribution in [3.05, 3.63) is 36.4 Å². The molecule has 2 heterocycles. The lowest BCUT2D eigenvalue weighted by Gasteiger charge is -2.06. The molecule has 2 aromatic heterocycles. The van der Waals surface area contributed by atoms with Crippen molar-refractivity contribution in [2.75, 3.05) is 0 Å². The third-order valence-electron chi connectivity index (χ3n) is 4.90. The Labute approximate surface area is 147 Å². The Bertz CT molecular complexity index is 505. The van der Waals surface area contributed by atoms with Gasteiger partial charge in [0.05, 0.1) is 0 Å². The zero-order chi connectivity index (χ0) is 17.0.